The lowest BCUT2D eigenvalue weighted by Crippen LogP contribution is -2.42. The molecule has 0 unspecified atom stereocenters. The molecule has 1 aromatic heterocycles. The second-order valence-corrected chi connectivity index (χ2v) is 6.09. The summed E-state index contributed by atoms with van der Waals surface area (Å²) in [5, 5.41) is 6.72. The molecule has 0 atom stereocenters. The molecule has 122 valence electrons. The minimum absolute atomic E-state index is 0.0186. The third kappa shape index (κ3) is 4.18. The Morgan fingerprint density at radius 1 is 1.26 bits per heavy atom. The zero-order valence-corrected chi connectivity index (χ0v) is 13.9. The van der Waals surface area contributed by atoms with E-state index in [-0.39, 0.29) is 18.4 Å². The predicted molar refractivity (Wildman–Crippen MR) is 90.5 cm³/mol. The van der Waals surface area contributed by atoms with E-state index in [1.54, 1.807) is 24.0 Å². The minimum Gasteiger partial charge on any atom is -0.323 e. The van der Waals surface area contributed by atoms with Crippen molar-refractivity contribution in [2.24, 2.45) is 13.0 Å². The Labute approximate surface area is 136 Å². The molecule has 0 fully saturated rings. The zero-order valence-electron chi connectivity index (χ0n) is 13.9. The number of rotatable bonds is 1. The molecular formula is C17H22N4O2. The van der Waals surface area contributed by atoms with E-state index >= 15 is 0 Å². The van der Waals surface area contributed by atoms with Gasteiger partial charge in [-0.25, -0.2) is 0 Å². The smallest absolute Gasteiger partial charge is 0.262 e. The van der Waals surface area contributed by atoms with Gasteiger partial charge in [-0.3, -0.25) is 19.2 Å². The van der Waals surface area contributed by atoms with Crippen LogP contribution in [-0.4, -0.2) is 28.1 Å². The molecule has 0 radical (unpaired) electrons. The van der Waals surface area contributed by atoms with Crippen molar-refractivity contribution in [3.8, 4) is 0 Å². The van der Waals surface area contributed by atoms with Crippen LogP contribution in [0.4, 0.5) is 11.4 Å². The van der Waals surface area contributed by atoms with Gasteiger partial charge in [-0.2, -0.15) is 5.10 Å². The molecule has 1 aliphatic rings. The lowest BCUT2D eigenvalue weighted by molar-refractivity contribution is -0.115. The summed E-state index contributed by atoms with van der Waals surface area (Å²) in [6.07, 6.45) is 3.13. The van der Waals surface area contributed by atoms with Crippen LogP contribution in [0, 0.1) is 5.92 Å². The van der Waals surface area contributed by atoms with Crippen LogP contribution < -0.4 is 10.2 Å². The molecule has 1 aromatic carbocycles. The molecule has 1 aliphatic heterocycles. The number of para-hydroxylation sites is 2. The molecule has 2 aromatic rings. The Kier molecular flexibility index (Phi) is 5.16. The number of carbonyl (C=O) groups excluding carboxylic acids is 2. The molecule has 6 heteroatoms. The molecular weight excluding hydrogens is 292 g/mol. The van der Waals surface area contributed by atoms with Crippen LogP contribution in [0.2, 0.25) is 0 Å². The van der Waals surface area contributed by atoms with Gasteiger partial charge in [0.05, 0.1) is 23.1 Å². The first-order valence-electron chi connectivity index (χ1n) is 7.58. The largest absolute Gasteiger partial charge is 0.323 e. The van der Waals surface area contributed by atoms with E-state index in [2.05, 4.69) is 31.2 Å². The average Bonchev–Trinajstić information content (AvgIpc) is 2.91. The second kappa shape index (κ2) is 7.09. The van der Waals surface area contributed by atoms with Crippen molar-refractivity contribution in [3.05, 3.63) is 42.2 Å². The van der Waals surface area contributed by atoms with Gasteiger partial charge in [0, 0.05) is 13.2 Å². The molecule has 2 amide bonds. The molecule has 0 saturated carbocycles. The number of anilines is 2. The molecule has 0 bridgehead atoms. The quantitative estimate of drug-likeness (QED) is 0.880. The van der Waals surface area contributed by atoms with Crippen molar-refractivity contribution in [1.82, 2.24) is 9.78 Å². The van der Waals surface area contributed by atoms with E-state index in [1.165, 1.54) is 11.1 Å². The summed E-state index contributed by atoms with van der Waals surface area (Å²) in [5.74, 6) is 0.409. The number of benzene rings is 1. The molecule has 0 aliphatic carbocycles. The normalized spacial score (nSPS) is 13.1. The summed E-state index contributed by atoms with van der Waals surface area (Å²) in [6, 6.07) is 7.23. The zero-order chi connectivity index (χ0) is 17.0. The maximum atomic E-state index is 12.4. The standard InChI is InChI=1S/C13H12N4O2.C4H10/c1-16-7-9(6-14-16)13(19)17-8-12(18)15-10-4-2-3-5-11(10)17;1-4(2)3/h2-7H,8H2,1H3,(H,15,18);4H,1-3H3. The number of hydrogen-bond donors (Lipinski definition) is 1. The second-order valence-electron chi connectivity index (χ2n) is 6.09. The number of nitrogens with one attached hydrogen (secondary N) is 1. The Balaban J connectivity index is 0.000000433. The van der Waals surface area contributed by atoms with E-state index < -0.39 is 0 Å². The van der Waals surface area contributed by atoms with Gasteiger partial charge in [0.2, 0.25) is 5.91 Å². The highest BCUT2D eigenvalue weighted by Gasteiger charge is 2.27. The number of aromatic nitrogens is 2. The van der Waals surface area contributed by atoms with E-state index in [0.717, 1.165) is 5.92 Å². The Morgan fingerprint density at radius 2 is 1.91 bits per heavy atom. The van der Waals surface area contributed by atoms with Gasteiger partial charge in [-0.1, -0.05) is 32.9 Å². The van der Waals surface area contributed by atoms with Crippen LogP contribution >= 0.6 is 0 Å². The molecule has 0 saturated heterocycles. The van der Waals surface area contributed by atoms with Crippen molar-refractivity contribution in [2.45, 2.75) is 20.8 Å². The van der Waals surface area contributed by atoms with Crippen molar-refractivity contribution < 1.29 is 9.59 Å². The molecule has 2 heterocycles. The molecule has 3 rings (SSSR count). The Morgan fingerprint density at radius 3 is 2.52 bits per heavy atom. The summed E-state index contributed by atoms with van der Waals surface area (Å²) in [7, 11) is 1.74. The van der Waals surface area contributed by atoms with Gasteiger partial charge in [0.1, 0.15) is 6.54 Å². The first kappa shape index (κ1) is 16.7. The maximum absolute atomic E-state index is 12.4. The van der Waals surface area contributed by atoms with Gasteiger partial charge in [0.15, 0.2) is 0 Å². The summed E-state index contributed by atoms with van der Waals surface area (Å²) >= 11 is 0. The van der Waals surface area contributed by atoms with Crippen LogP contribution in [0.3, 0.4) is 0 Å². The fourth-order valence-electron chi connectivity index (χ4n) is 2.10. The van der Waals surface area contributed by atoms with E-state index in [4.69, 9.17) is 0 Å². The Bertz CT molecular complexity index is 703. The van der Waals surface area contributed by atoms with Crippen LogP contribution in [0.25, 0.3) is 0 Å². The van der Waals surface area contributed by atoms with Crippen molar-refractivity contribution in [1.29, 1.82) is 0 Å². The average molecular weight is 314 g/mol. The molecule has 0 spiro atoms. The first-order chi connectivity index (χ1) is 10.9. The lowest BCUT2D eigenvalue weighted by atomic mass is 10.1. The van der Waals surface area contributed by atoms with Crippen LogP contribution in [0.5, 0.6) is 0 Å². The third-order valence-corrected chi connectivity index (χ3v) is 2.97. The fourth-order valence-corrected chi connectivity index (χ4v) is 2.10. The highest BCUT2D eigenvalue weighted by molar-refractivity contribution is 6.14. The van der Waals surface area contributed by atoms with Gasteiger partial charge in [-0.05, 0) is 18.1 Å². The summed E-state index contributed by atoms with van der Waals surface area (Å²) in [6.45, 7) is 6.52. The monoisotopic (exact) mass is 314 g/mol. The highest BCUT2D eigenvalue weighted by atomic mass is 16.2. The van der Waals surface area contributed by atoms with E-state index in [0.29, 0.717) is 16.9 Å². The summed E-state index contributed by atoms with van der Waals surface area (Å²) in [4.78, 5) is 25.5. The lowest BCUT2D eigenvalue weighted by Gasteiger charge is -2.28. The number of aryl methyl sites for hydroxylation is 1. The van der Waals surface area contributed by atoms with Gasteiger partial charge in [-0.15, -0.1) is 0 Å². The molecule has 6 nitrogen and oxygen atoms in total. The summed E-state index contributed by atoms with van der Waals surface area (Å²) < 4.78 is 1.56. The number of nitrogens with zero attached hydrogens (tertiary/aromatic N) is 3. The van der Waals surface area contributed by atoms with Crippen LogP contribution in [0.15, 0.2) is 36.7 Å². The number of amides is 2. The predicted octanol–water partition coefficient (Wildman–Crippen LogP) is 2.68. The van der Waals surface area contributed by atoms with Crippen molar-refractivity contribution in [2.75, 3.05) is 16.8 Å². The number of carbonyl (C=O) groups is 2. The SMILES string of the molecule is CC(C)C.Cn1cc(C(=O)N2CC(=O)Nc3ccccc32)cn1. The summed E-state index contributed by atoms with van der Waals surface area (Å²) in [5.41, 5.74) is 1.82. The first-order valence-corrected chi connectivity index (χ1v) is 7.58. The van der Waals surface area contributed by atoms with Gasteiger partial charge >= 0.3 is 0 Å². The minimum atomic E-state index is -0.226. The van der Waals surface area contributed by atoms with Gasteiger partial charge < -0.3 is 5.32 Å². The van der Waals surface area contributed by atoms with Gasteiger partial charge in [0.25, 0.3) is 5.91 Å². The number of hydrogen-bond acceptors (Lipinski definition) is 3. The van der Waals surface area contributed by atoms with E-state index in [9.17, 15) is 9.59 Å². The van der Waals surface area contributed by atoms with E-state index in [1.807, 2.05) is 18.2 Å². The van der Waals surface area contributed by atoms with Crippen LogP contribution in [0.1, 0.15) is 31.1 Å². The Hall–Kier alpha value is -2.63. The van der Waals surface area contributed by atoms with Crippen LogP contribution in [-0.2, 0) is 11.8 Å². The van der Waals surface area contributed by atoms with Crippen molar-refractivity contribution >= 4 is 23.2 Å². The third-order valence-electron chi connectivity index (χ3n) is 2.97. The molecule has 1 N–H and O–H groups in total. The highest BCUT2D eigenvalue weighted by Crippen LogP contribution is 2.29. The number of fused-ring (bicyclic) bond motifs is 1. The molecule has 23 heavy (non-hydrogen) atoms. The fraction of sp³-hybridized carbons (Fsp3) is 0.353. The topological polar surface area (TPSA) is 67.2 Å². The van der Waals surface area contributed by atoms with Crippen molar-refractivity contribution in [3.63, 3.8) is 0 Å². The maximum Gasteiger partial charge on any atom is 0.262 e.